The van der Waals surface area contributed by atoms with Crippen molar-refractivity contribution in [2.45, 2.75) is 37.2 Å². The van der Waals surface area contributed by atoms with E-state index in [0.29, 0.717) is 16.6 Å². The lowest BCUT2D eigenvalue weighted by atomic mass is 10.1. The van der Waals surface area contributed by atoms with Crippen LogP contribution in [-0.2, 0) is 16.6 Å². The topological polar surface area (TPSA) is 58.2 Å². The second-order valence-corrected chi connectivity index (χ2v) is 7.82. The Balaban J connectivity index is 1.81. The Morgan fingerprint density at radius 3 is 2.76 bits per heavy atom. The summed E-state index contributed by atoms with van der Waals surface area (Å²) < 4.78 is 27.4. The summed E-state index contributed by atoms with van der Waals surface area (Å²) in [5.74, 6) is 0. The number of anilines is 1. The predicted molar refractivity (Wildman–Crippen MR) is 86.2 cm³/mol. The lowest BCUT2D eigenvalue weighted by Crippen LogP contribution is -2.17. The molecule has 1 fully saturated rings. The van der Waals surface area contributed by atoms with Crippen LogP contribution in [0, 0.1) is 6.92 Å². The molecular formula is C15H18N2O2S2. The van der Waals surface area contributed by atoms with E-state index in [2.05, 4.69) is 10.0 Å². The lowest BCUT2D eigenvalue weighted by Gasteiger charge is -2.11. The minimum absolute atomic E-state index is 0.312. The second-order valence-electron chi connectivity index (χ2n) is 5.36. The molecule has 21 heavy (non-hydrogen) atoms. The normalized spacial score (nSPS) is 15.1. The third kappa shape index (κ3) is 3.64. The Bertz CT molecular complexity index is 720. The Hall–Kier alpha value is -1.37. The molecule has 4 nitrogen and oxygen atoms in total. The molecule has 1 aliphatic carbocycles. The summed E-state index contributed by atoms with van der Waals surface area (Å²) in [5, 5.41) is 7.05. The van der Waals surface area contributed by atoms with Crippen LogP contribution < -0.4 is 10.0 Å². The zero-order chi connectivity index (χ0) is 14.9. The first kappa shape index (κ1) is 14.6. The zero-order valence-corrected chi connectivity index (χ0v) is 13.4. The third-order valence-corrected chi connectivity index (χ3v) is 5.63. The third-order valence-electron chi connectivity index (χ3n) is 3.56. The summed E-state index contributed by atoms with van der Waals surface area (Å²) in [6.07, 6.45) is 2.44. The molecule has 0 bridgehead atoms. The summed E-state index contributed by atoms with van der Waals surface area (Å²) in [7, 11) is -3.52. The van der Waals surface area contributed by atoms with Gasteiger partial charge in [0.2, 0.25) is 0 Å². The molecule has 1 heterocycles. The standard InChI is InChI=1S/C15H18N2O2S2/c1-11-2-5-15(8-12(11)9-16-13-3-4-13)21(18,19)17-14-6-7-20-10-14/h2,5-8,10,13,16-17H,3-4,9H2,1H3. The van der Waals surface area contributed by atoms with Gasteiger partial charge in [-0.3, -0.25) is 4.72 Å². The number of benzene rings is 1. The summed E-state index contributed by atoms with van der Waals surface area (Å²) >= 11 is 1.46. The van der Waals surface area contributed by atoms with Gasteiger partial charge in [-0.1, -0.05) is 6.07 Å². The summed E-state index contributed by atoms with van der Waals surface area (Å²) in [4.78, 5) is 0.312. The summed E-state index contributed by atoms with van der Waals surface area (Å²) in [5.41, 5.74) is 2.76. The molecule has 3 rings (SSSR count). The summed E-state index contributed by atoms with van der Waals surface area (Å²) in [6, 6.07) is 7.65. The highest BCUT2D eigenvalue weighted by Gasteiger charge is 2.21. The zero-order valence-electron chi connectivity index (χ0n) is 11.8. The van der Waals surface area contributed by atoms with Crippen molar-refractivity contribution in [3.8, 4) is 0 Å². The smallest absolute Gasteiger partial charge is 0.261 e. The molecule has 1 aromatic carbocycles. The molecule has 6 heteroatoms. The van der Waals surface area contributed by atoms with E-state index in [1.54, 1.807) is 23.6 Å². The first-order valence-electron chi connectivity index (χ1n) is 6.92. The van der Waals surface area contributed by atoms with E-state index in [1.807, 2.05) is 18.4 Å². The van der Waals surface area contributed by atoms with Gasteiger partial charge in [0.1, 0.15) is 0 Å². The Labute approximate surface area is 129 Å². The number of rotatable bonds is 6. The molecule has 0 amide bonds. The maximum absolute atomic E-state index is 12.4. The van der Waals surface area contributed by atoms with E-state index < -0.39 is 10.0 Å². The fourth-order valence-electron chi connectivity index (χ4n) is 2.08. The van der Waals surface area contributed by atoms with Crippen molar-refractivity contribution < 1.29 is 8.42 Å². The number of thiophene rings is 1. The van der Waals surface area contributed by atoms with E-state index >= 15 is 0 Å². The fourth-order valence-corrected chi connectivity index (χ4v) is 3.85. The van der Waals surface area contributed by atoms with Crippen molar-refractivity contribution in [2.75, 3.05) is 4.72 Å². The quantitative estimate of drug-likeness (QED) is 0.859. The molecule has 0 spiro atoms. The molecule has 112 valence electrons. The molecule has 0 saturated heterocycles. The minimum Gasteiger partial charge on any atom is -0.310 e. The highest BCUT2D eigenvalue weighted by atomic mass is 32.2. The van der Waals surface area contributed by atoms with E-state index in [1.165, 1.54) is 24.2 Å². The predicted octanol–water partition coefficient (Wildman–Crippen LogP) is 3.11. The SMILES string of the molecule is Cc1ccc(S(=O)(=O)Nc2ccsc2)cc1CNC1CC1. The van der Waals surface area contributed by atoms with Crippen LogP contribution in [0.25, 0.3) is 0 Å². The van der Waals surface area contributed by atoms with Gasteiger partial charge in [-0.25, -0.2) is 8.42 Å². The molecule has 1 aliphatic rings. The van der Waals surface area contributed by atoms with Gasteiger partial charge in [0.05, 0.1) is 10.6 Å². The van der Waals surface area contributed by atoms with Gasteiger partial charge in [0.25, 0.3) is 10.0 Å². The van der Waals surface area contributed by atoms with Crippen molar-refractivity contribution in [2.24, 2.45) is 0 Å². The van der Waals surface area contributed by atoms with Crippen LogP contribution in [0.1, 0.15) is 24.0 Å². The molecule has 2 N–H and O–H groups in total. The Kier molecular flexibility index (Phi) is 4.01. The second kappa shape index (κ2) is 5.79. The Morgan fingerprint density at radius 1 is 1.29 bits per heavy atom. The van der Waals surface area contributed by atoms with Gasteiger partial charge in [-0.05, 0) is 54.5 Å². The largest absolute Gasteiger partial charge is 0.310 e. The van der Waals surface area contributed by atoms with Crippen molar-refractivity contribution in [1.82, 2.24) is 5.32 Å². The van der Waals surface area contributed by atoms with Crippen molar-refractivity contribution in [3.63, 3.8) is 0 Å². The van der Waals surface area contributed by atoms with Gasteiger partial charge >= 0.3 is 0 Å². The van der Waals surface area contributed by atoms with Gasteiger partial charge in [-0.15, -0.1) is 0 Å². The number of aryl methyl sites for hydroxylation is 1. The molecule has 1 saturated carbocycles. The first-order chi connectivity index (χ1) is 10.0. The van der Waals surface area contributed by atoms with Gasteiger partial charge < -0.3 is 5.32 Å². The highest BCUT2D eigenvalue weighted by molar-refractivity contribution is 7.92. The van der Waals surface area contributed by atoms with Crippen LogP contribution in [0.4, 0.5) is 5.69 Å². The van der Waals surface area contributed by atoms with E-state index in [0.717, 1.165) is 17.7 Å². The number of sulfonamides is 1. The van der Waals surface area contributed by atoms with Crippen molar-refractivity contribution in [1.29, 1.82) is 0 Å². The van der Waals surface area contributed by atoms with Crippen LogP contribution in [0.3, 0.4) is 0 Å². The number of nitrogens with one attached hydrogen (secondary N) is 2. The van der Waals surface area contributed by atoms with E-state index in [-0.39, 0.29) is 0 Å². The van der Waals surface area contributed by atoms with E-state index in [9.17, 15) is 8.42 Å². The molecule has 0 radical (unpaired) electrons. The van der Waals surface area contributed by atoms with Crippen molar-refractivity contribution >= 4 is 27.0 Å². The van der Waals surface area contributed by atoms with Gasteiger partial charge in [-0.2, -0.15) is 11.3 Å². The van der Waals surface area contributed by atoms with Crippen LogP contribution in [0.15, 0.2) is 39.9 Å². The lowest BCUT2D eigenvalue weighted by molar-refractivity contribution is 0.601. The van der Waals surface area contributed by atoms with Gasteiger partial charge in [0, 0.05) is 18.0 Å². The molecule has 1 aromatic heterocycles. The average molecular weight is 322 g/mol. The monoisotopic (exact) mass is 322 g/mol. The van der Waals surface area contributed by atoms with Crippen LogP contribution in [-0.4, -0.2) is 14.5 Å². The maximum atomic E-state index is 12.4. The summed E-state index contributed by atoms with van der Waals surface area (Å²) in [6.45, 7) is 2.73. The minimum atomic E-state index is -3.52. The van der Waals surface area contributed by atoms with Crippen LogP contribution in [0.5, 0.6) is 0 Å². The molecule has 2 aromatic rings. The fraction of sp³-hybridized carbons (Fsp3) is 0.333. The molecule has 0 atom stereocenters. The maximum Gasteiger partial charge on any atom is 0.261 e. The average Bonchev–Trinajstić information content (AvgIpc) is 3.14. The highest BCUT2D eigenvalue weighted by Crippen LogP contribution is 2.23. The molecule has 0 unspecified atom stereocenters. The Morgan fingerprint density at radius 2 is 2.10 bits per heavy atom. The molecule has 0 aliphatic heterocycles. The van der Waals surface area contributed by atoms with Crippen LogP contribution >= 0.6 is 11.3 Å². The number of hydrogen-bond donors (Lipinski definition) is 2. The van der Waals surface area contributed by atoms with Gasteiger partial charge in [0.15, 0.2) is 0 Å². The van der Waals surface area contributed by atoms with Crippen molar-refractivity contribution in [3.05, 3.63) is 46.2 Å². The number of hydrogen-bond acceptors (Lipinski definition) is 4. The molecular weight excluding hydrogens is 304 g/mol. The van der Waals surface area contributed by atoms with E-state index in [4.69, 9.17) is 0 Å². The van der Waals surface area contributed by atoms with Crippen LogP contribution in [0.2, 0.25) is 0 Å². The first-order valence-corrected chi connectivity index (χ1v) is 9.35.